The van der Waals surface area contributed by atoms with E-state index in [-0.39, 0.29) is 11.6 Å². The van der Waals surface area contributed by atoms with Crippen molar-refractivity contribution in [3.8, 4) is 58.2 Å². The van der Waals surface area contributed by atoms with Gasteiger partial charge >= 0.3 is 0 Å². The Morgan fingerprint density at radius 1 is 0.259 bits per heavy atom. The summed E-state index contributed by atoms with van der Waals surface area (Å²) in [5, 5.41) is 6.69. The third-order valence-electron chi connectivity index (χ3n) is 22.0. The Kier molecular flexibility index (Phi) is 44.9. The average Bonchev–Trinajstić information content (AvgIpc) is 0.919. The van der Waals surface area contributed by atoms with Gasteiger partial charge in [0.15, 0.2) is 23.0 Å². The van der Waals surface area contributed by atoms with Gasteiger partial charge in [-0.25, -0.2) is 0 Å². The van der Waals surface area contributed by atoms with E-state index in [0.717, 1.165) is 130 Å². The van der Waals surface area contributed by atoms with Crippen LogP contribution < -0.4 is 28.4 Å². The lowest BCUT2D eigenvalue weighted by Crippen LogP contribution is -2.09. The van der Waals surface area contributed by atoms with Crippen molar-refractivity contribution in [2.24, 2.45) is 0 Å². The molecule has 0 aliphatic rings. The third-order valence-corrected chi connectivity index (χ3v) is 24.0. The molecule has 0 saturated heterocycles. The van der Waals surface area contributed by atoms with Crippen molar-refractivity contribution in [1.29, 1.82) is 0 Å². The van der Waals surface area contributed by atoms with Crippen LogP contribution in [0.1, 0.15) is 401 Å². The zero-order valence-electron chi connectivity index (χ0n) is 70.5. The first-order valence-corrected chi connectivity index (χ1v) is 47.1. The van der Waals surface area contributed by atoms with Gasteiger partial charge in [-0.05, 0) is 132 Å². The molecule has 10 heteroatoms. The number of carbonyl (C=O) groups excluding carboxylic acids is 2. The lowest BCUT2D eigenvalue weighted by Gasteiger charge is -2.19. The van der Waals surface area contributed by atoms with Gasteiger partial charge < -0.3 is 28.4 Å². The quantitative estimate of drug-likeness (QED) is 0.0161. The summed E-state index contributed by atoms with van der Waals surface area (Å²) < 4.78 is 40.1. The lowest BCUT2D eigenvalue weighted by molar-refractivity contribution is 0.103. The molecular formula is C102H142O8S2. The van der Waals surface area contributed by atoms with Gasteiger partial charge in [-0.3, -0.25) is 9.59 Å². The summed E-state index contributed by atoms with van der Waals surface area (Å²) in [6.07, 6.45) is 58.1. The standard InChI is InChI=1S/C102H142O8S2/c1-7-13-19-25-31-37-43-49-71-105-91-77-85(78-92(106-72-50-44-38-32-26-20-14-8-2)101(91)109-75-53-47-41-35-29-23-17-11-5)99(103)95-69-65-87(111-95)63-59-81-55-57-83-62-68-90-82(56-58-84-61-67-89(81)97(83)98(84)90)60-64-88-66-70-96(112-88)100(104)86-79-93(107-73-51-45-39-33-27-21-15-9-3)102(110-76-54-48-42-36-30-24-18-12-6)94(80-86)108-74-52-46-40-34-28-22-16-10-4/h55-58,61-62,65-70,77-80H,7-54,71-76H2,1-6H3. The molecule has 0 atom stereocenters. The molecule has 8 nitrogen and oxygen atoms in total. The first-order valence-electron chi connectivity index (χ1n) is 45.4. The fourth-order valence-electron chi connectivity index (χ4n) is 15.2. The Labute approximate surface area is 686 Å². The molecule has 6 aromatic carbocycles. The van der Waals surface area contributed by atoms with Crippen molar-refractivity contribution in [2.45, 2.75) is 350 Å². The molecule has 0 bridgehead atoms. The number of hydrogen-bond donors (Lipinski definition) is 0. The highest BCUT2D eigenvalue weighted by molar-refractivity contribution is 7.15. The Balaban J connectivity index is 1.01. The summed E-state index contributed by atoms with van der Waals surface area (Å²) in [7, 11) is 0. The molecule has 2 heterocycles. The lowest BCUT2D eigenvalue weighted by atomic mass is 9.90. The predicted molar refractivity (Wildman–Crippen MR) is 479 cm³/mol. The van der Waals surface area contributed by atoms with E-state index < -0.39 is 0 Å². The molecule has 0 radical (unpaired) electrons. The molecule has 112 heavy (non-hydrogen) atoms. The second-order valence-corrected chi connectivity index (χ2v) is 33.8. The summed E-state index contributed by atoms with van der Waals surface area (Å²) in [6, 6.07) is 32.7. The van der Waals surface area contributed by atoms with Crippen molar-refractivity contribution in [3.63, 3.8) is 0 Å². The van der Waals surface area contributed by atoms with Crippen LogP contribution in [0, 0.1) is 23.7 Å². The highest BCUT2D eigenvalue weighted by Gasteiger charge is 2.24. The first kappa shape index (κ1) is 90.6. The van der Waals surface area contributed by atoms with Crippen LogP contribution in [0.25, 0.3) is 32.3 Å². The third kappa shape index (κ3) is 32.0. The maximum atomic E-state index is 14.8. The Morgan fingerprint density at radius 2 is 0.491 bits per heavy atom. The van der Waals surface area contributed by atoms with Crippen molar-refractivity contribution >= 4 is 66.6 Å². The van der Waals surface area contributed by atoms with Crippen molar-refractivity contribution in [3.05, 3.63) is 139 Å². The van der Waals surface area contributed by atoms with Crippen LogP contribution in [-0.4, -0.2) is 51.2 Å². The molecule has 610 valence electrons. The largest absolute Gasteiger partial charge is 0.490 e. The summed E-state index contributed by atoms with van der Waals surface area (Å²) in [5.74, 6) is 17.5. The van der Waals surface area contributed by atoms with Crippen molar-refractivity contribution in [1.82, 2.24) is 0 Å². The predicted octanol–water partition coefficient (Wildman–Crippen LogP) is 31.1. The maximum absolute atomic E-state index is 14.8. The number of carbonyl (C=O) groups is 2. The fraction of sp³-hybridized carbons (Fsp3) is 0.588. The van der Waals surface area contributed by atoms with E-state index in [9.17, 15) is 9.59 Å². The molecule has 2 aromatic heterocycles. The highest BCUT2D eigenvalue weighted by atomic mass is 32.1. The number of unbranched alkanes of at least 4 members (excludes halogenated alkanes) is 42. The molecular weight excluding hydrogens is 1420 g/mol. The molecule has 0 saturated carbocycles. The fourth-order valence-corrected chi connectivity index (χ4v) is 16.9. The van der Waals surface area contributed by atoms with Crippen LogP contribution in [0.15, 0.2) is 97.1 Å². The Morgan fingerprint density at radius 3 is 0.750 bits per heavy atom. The molecule has 0 amide bonds. The van der Waals surface area contributed by atoms with Gasteiger partial charge in [0.1, 0.15) is 0 Å². The van der Waals surface area contributed by atoms with Crippen molar-refractivity contribution < 1.29 is 38.0 Å². The summed E-state index contributed by atoms with van der Waals surface area (Å²) in [6.45, 7) is 17.0. The second kappa shape index (κ2) is 55.5. The van der Waals surface area contributed by atoms with E-state index in [4.69, 9.17) is 28.4 Å². The minimum absolute atomic E-state index is 0.0838. The minimum Gasteiger partial charge on any atom is -0.490 e. The number of thiophene rings is 2. The van der Waals surface area contributed by atoms with Gasteiger partial charge in [0.25, 0.3) is 0 Å². The summed E-state index contributed by atoms with van der Waals surface area (Å²) in [5.41, 5.74) is 2.89. The Bertz CT molecular complexity index is 3710. The van der Waals surface area contributed by atoms with Crippen LogP contribution in [-0.2, 0) is 0 Å². The number of ketones is 2. The molecule has 0 aliphatic carbocycles. The van der Waals surface area contributed by atoms with E-state index in [0.29, 0.717) is 95.0 Å². The average molecular weight is 1560 g/mol. The molecule has 0 N–H and O–H groups in total. The van der Waals surface area contributed by atoms with Gasteiger partial charge in [0.05, 0.1) is 59.1 Å². The summed E-state index contributed by atoms with van der Waals surface area (Å²) >= 11 is 2.84. The van der Waals surface area contributed by atoms with Gasteiger partial charge in [0, 0.05) is 22.3 Å². The first-order chi connectivity index (χ1) is 55.3. The zero-order valence-corrected chi connectivity index (χ0v) is 72.1. The number of ether oxygens (including phenoxy) is 6. The van der Waals surface area contributed by atoms with Gasteiger partial charge in [-0.1, -0.05) is 371 Å². The van der Waals surface area contributed by atoms with Crippen LogP contribution in [0.2, 0.25) is 0 Å². The highest BCUT2D eigenvalue weighted by Crippen LogP contribution is 2.44. The number of benzene rings is 6. The van der Waals surface area contributed by atoms with Crippen molar-refractivity contribution in [2.75, 3.05) is 39.6 Å². The monoisotopic (exact) mass is 1560 g/mol. The molecule has 0 aliphatic heterocycles. The van der Waals surface area contributed by atoms with Gasteiger partial charge in [0.2, 0.25) is 23.1 Å². The van der Waals surface area contributed by atoms with E-state index >= 15 is 0 Å². The van der Waals surface area contributed by atoms with Crippen LogP contribution in [0.3, 0.4) is 0 Å². The molecule has 0 unspecified atom stereocenters. The number of hydrogen-bond acceptors (Lipinski definition) is 10. The zero-order chi connectivity index (χ0) is 78.7. The van der Waals surface area contributed by atoms with E-state index in [2.05, 4.69) is 114 Å². The second-order valence-electron chi connectivity index (χ2n) is 31.7. The molecule has 0 fully saturated rings. The Hall–Kier alpha value is -6.98. The van der Waals surface area contributed by atoms with Crippen LogP contribution >= 0.6 is 22.7 Å². The molecule has 8 aromatic rings. The van der Waals surface area contributed by atoms with E-state index in [1.807, 2.05) is 48.5 Å². The van der Waals surface area contributed by atoms with Crippen LogP contribution in [0.5, 0.6) is 34.5 Å². The maximum Gasteiger partial charge on any atom is 0.203 e. The minimum atomic E-state index is -0.0838. The van der Waals surface area contributed by atoms with Gasteiger partial charge in [-0.2, -0.15) is 0 Å². The smallest absolute Gasteiger partial charge is 0.203 e. The summed E-state index contributed by atoms with van der Waals surface area (Å²) in [4.78, 5) is 32.5. The SMILES string of the molecule is CCCCCCCCCCOc1cc(C(=O)c2ccc(C#Cc3ccc4ccc5c(C#Cc6ccc(C(=O)c7cc(OCCCCCCCCCC)c(OCCCCCCCCCC)c(OCCCCCCCCCC)c7)s6)ccc6ccc3c4c65)s2)cc(OCCCCCCCCCC)c1OCCCCCCCCCC. The van der Waals surface area contributed by atoms with Crippen LogP contribution in [0.4, 0.5) is 0 Å². The van der Waals surface area contributed by atoms with E-state index in [1.165, 1.54) is 254 Å². The van der Waals surface area contributed by atoms with Gasteiger partial charge in [-0.15, -0.1) is 22.7 Å². The number of rotatable bonds is 64. The molecule has 0 spiro atoms. The topological polar surface area (TPSA) is 89.5 Å². The molecule has 8 rings (SSSR count). The normalized spacial score (nSPS) is 11.4. The van der Waals surface area contributed by atoms with E-state index in [1.54, 1.807) is 0 Å².